The van der Waals surface area contributed by atoms with Gasteiger partial charge in [0, 0.05) is 34.4 Å². The lowest BCUT2D eigenvalue weighted by Crippen LogP contribution is -2.42. The second-order valence-electron chi connectivity index (χ2n) is 7.53. The van der Waals surface area contributed by atoms with Crippen molar-refractivity contribution in [3.63, 3.8) is 0 Å². The Hall–Kier alpha value is -3.20. The summed E-state index contributed by atoms with van der Waals surface area (Å²) in [5.41, 5.74) is 0.315. The second kappa shape index (κ2) is 9.52. The molecule has 0 spiro atoms. The van der Waals surface area contributed by atoms with Crippen LogP contribution in [0.15, 0.2) is 53.0 Å². The van der Waals surface area contributed by atoms with Crippen molar-refractivity contribution in [2.45, 2.75) is 26.3 Å². The van der Waals surface area contributed by atoms with Gasteiger partial charge in [-0.2, -0.15) is 0 Å². The zero-order valence-corrected chi connectivity index (χ0v) is 19.7. The molecule has 1 aliphatic heterocycles. The molecule has 2 aromatic rings. The first-order valence-corrected chi connectivity index (χ1v) is 11.1. The van der Waals surface area contributed by atoms with Gasteiger partial charge in [0.1, 0.15) is 12.1 Å². The lowest BCUT2D eigenvalue weighted by molar-refractivity contribution is -0.133. The monoisotopic (exact) mass is 500 g/mol. The summed E-state index contributed by atoms with van der Waals surface area (Å²) in [6.07, 6.45) is 0. The third kappa shape index (κ3) is 4.52. The number of hydrogen-bond donors (Lipinski definition) is 2. The van der Waals surface area contributed by atoms with Gasteiger partial charge in [-0.15, -0.1) is 0 Å². The molecule has 1 heterocycles. The van der Waals surface area contributed by atoms with Crippen LogP contribution in [0, 0.1) is 0 Å². The average Bonchev–Trinajstić information content (AvgIpc) is 2.99. The molecule has 0 aromatic heterocycles. The van der Waals surface area contributed by atoms with Crippen LogP contribution in [0.3, 0.4) is 0 Å². The summed E-state index contributed by atoms with van der Waals surface area (Å²) in [5, 5.41) is 5.35. The number of imide groups is 1. The predicted octanol–water partition coefficient (Wildman–Crippen LogP) is 3.34. The highest BCUT2D eigenvalue weighted by Gasteiger charge is 2.50. The molecule has 0 saturated carbocycles. The average molecular weight is 501 g/mol. The number of anilines is 1. The number of carbonyl (C=O) groups is 4. The molecule has 3 rings (SSSR count). The first-order chi connectivity index (χ1) is 15.2. The van der Waals surface area contributed by atoms with E-state index in [0.717, 1.165) is 4.90 Å². The van der Waals surface area contributed by atoms with E-state index in [4.69, 9.17) is 0 Å². The van der Waals surface area contributed by atoms with Crippen molar-refractivity contribution < 1.29 is 19.2 Å². The van der Waals surface area contributed by atoms with Crippen LogP contribution in [0.5, 0.6) is 0 Å². The van der Waals surface area contributed by atoms with Crippen molar-refractivity contribution in [2.24, 2.45) is 0 Å². The van der Waals surface area contributed by atoms with E-state index in [-0.39, 0.29) is 5.91 Å². The third-order valence-corrected chi connectivity index (χ3v) is 6.15. The molecular weight excluding hydrogens is 476 g/mol. The van der Waals surface area contributed by atoms with Gasteiger partial charge in [0.2, 0.25) is 5.91 Å². The van der Waals surface area contributed by atoms with Crippen molar-refractivity contribution in [1.29, 1.82) is 0 Å². The predicted molar refractivity (Wildman–Crippen MR) is 124 cm³/mol. The summed E-state index contributed by atoms with van der Waals surface area (Å²) in [6.45, 7) is 6.22. The Bertz CT molecular complexity index is 1050. The molecule has 0 radical (unpaired) electrons. The van der Waals surface area contributed by atoms with Gasteiger partial charge in [-0.25, -0.2) is 4.79 Å². The molecule has 0 bridgehead atoms. The largest absolute Gasteiger partial charge is 0.339 e. The minimum Gasteiger partial charge on any atom is -0.339 e. The molecule has 1 fully saturated rings. The van der Waals surface area contributed by atoms with E-state index >= 15 is 0 Å². The van der Waals surface area contributed by atoms with Crippen LogP contribution in [-0.2, 0) is 15.1 Å². The van der Waals surface area contributed by atoms with Crippen LogP contribution in [0.25, 0.3) is 0 Å². The number of amides is 5. The fourth-order valence-corrected chi connectivity index (χ4v) is 4.30. The Labute approximate surface area is 195 Å². The second-order valence-corrected chi connectivity index (χ2v) is 8.38. The maximum atomic E-state index is 13.0. The van der Waals surface area contributed by atoms with Crippen LogP contribution in [0.2, 0.25) is 0 Å². The quantitative estimate of drug-likeness (QED) is 0.569. The molecule has 8 nitrogen and oxygen atoms in total. The van der Waals surface area contributed by atoms with E-state index < -0.39 is 29.9 Å². The maximum absolute atomic E-state index is 13.0. The number of rotatable bonds is 7. The van der Waals surface area contributed by atoms with Crippen molar-refractivity contribution in [2.75, 3.05) is 25.0 Å². The number of halogens is 1. The molecule has 9 heteroatoms. The number of carbonyl (C=O) groups excluding carboxylic acids is 4. The first-order valence-electron chi connectivity index (χ1n) is 10.3. The highest BCUT2D eigenvalue weighted by molar-refractivity contribution is 9.10. The Morgan fingerprint density at radius 2 is 1.69 bits per heavy atom. The smallest absolute Gasteiger partial charge is 0.325 e. The van der Waals surface area contributed by atoms with Crippen LogP contribution in [0.4, 0.5) is 10.5 Å². The van der Waals surface area contributed by atoms with Gasteiger partial charge in [0.25, 0.3) is 11.8 Å². The van der Waals surface area contributed by atoms with Crippen molar-refractivity contribution in [3.8, 4) is 0 Å². The van der Waals surface area contributed by atoms with Crippen LogP contribution in [0.1, 0.15) is 36.7 Å². The molecule has 2 aromatic carbocycles. The summed E-state index contributed by atoms with van der Waals surface area (Å²) in [4.78, 5) is 53.0. The molecule has 168 valence electrons. The van der Waals surface area contributed by atoms with E-state index in [9.17, 15) is 19.2 Å². The molecule has 32 heavy (non-hydrogen) atoms. The standard InChI is InChI=1S/C23H25BrN4O4/c1-4-27(5-2)20(30)15-10-12-16(13-11-15)25-19(29)14-28-21(31)23(3,26-22(28)32)17-8-6-7-9-18(17)24/h6-13H,4-5,14H2,1-3H3,(H,25,29)(H,26,32)/t23-/m0/s1. The van der Waals surface area contributed by atoms with Gasteiger partial charge in [0.15, 0.2) is 0 Å². The Morgan fingerprint density at radius 3 is 2.28 bits per heavy atom. The van der Waals surface area contributed by atoms with Crippen LogP contribution >= 0.6 is 15.9 Å². The molecule has 1 aliphatic rings. The molecule has 5 amide bonds. The molecular formula is C23H25BrN4O4. The normalized spacial score (nSPS) is 17.8. The van der Waals surface area contributed by atoms with E-state index in [1.54, 1.807) is 54.3 Å². The van der Waals surface area contributed by atoms with Crippen molar-refractivity contribution >= 4 is 45.4 Å². The highest BCUT2D eigenvalue weighted by atomic mass is 79.9. The van der Waals surface area contributed by atoms with Crippen molar-refractivity contribution in [3.05, 3.63) is 64.1 Å². The summed E-state index contributed by atoms with van der Waals surface area (Å²) in [5.74, 6) is -1.11. The zero-order valence-electron chi connectivity index (χ0n) is 18.1. The van der Waals surface area contributed by atoms with E-state index in [2.05, 4.69) is 26.6 Å². The number of nitrogens with zero attached hydrogens (tertiary/aromatic N) is 2. The van der Waals surface area contributed by atoms with Gasteiger partial charge in [-0.1, -0.05) is 34.1 Å². The molecule has 0 unspecified atom stereocenters. The summed E-state index contributed by atoms with van der Waals surface area (Å²) in [7, 11) is 0. The summed E-state index contributed by atoms with van der Waals surface area (Å²) >= 11 is 3.41. The fourth-order valence-electron chi connectivity index (χ4n) is 3.62. The van der Waals surface area contributed by atoms with Crippen molar-refractivity contribution in [1.82, 2.24) is 15.1 Å². The Balaban J connectivity index is 1.67. The van der Waals surface area contributed by atoms with Gasteiger partial charge in [-0.3, -0.25) is 19.3 Å². The summed E-state index contributed by atoms with van der Waals surface area (Å²) in [6, 6.07) is 13.0. The minimum atomic E-state index is -1.27. The van der Waals surface area contributed by atoms with E-state index in [1.807, 2.05) is 19.9 Å². The van der Waals surface area contributed by atoms with Gasteiger partial charge in [0.05, 0.1) is 0 Å². The van der Waals surface area contributed by atoms with E-state index in [0.29, 0.717) is 34.4 Å². The lowest BCUT2D eigenvalue weighted by atomic mass is 9.92. The number of urea groups is 1. The molecule has 2 N–H and O–H groups in total. The molecule has 0 aliphatic carbocycles. The van der Waals surface area contributed by atoms with Crippen LogP contribution < -0.4 is 10.6 Å². The molecule has 1 saturated heterocycles. The van der Waals surface area contributed by atoms with Gasteiger partial charge in [-0.05, 0) is 51.1 Å². The summed E-state index contributed by atoms with van der Waals surface area (Å²) < 4.78 is 0.682. The topological polar surface area (TPSA) is 98.8 Å². The number of hydrogen-bond acceptors (Lipinski definition) is 4. The number of benzene rings is 2. The zero-order chi connectivity index (χ0) is 23.5. The SMILES string of the molecule is CCN(CC)C(=O)c1ccc(NC(=O)CN2C(=O)N[C@@](C)(c3ccccc3Br)C2=O)cc1. The van der Waals surface area contributed by atoms with Gasteiger partial charge < -0.3 is 15.5 Å². The Kier molecular flexibility index (Phi) is 6.98. The first kappa shape index (κ1) is 23.5. The third-order valence-electron chi connectivity index (χ3n) is 5.46. The lowest BCUT2D eigenvalue weighted by Gasteiger charge is -2.23. The Morgan fingerprint density at radius 1 is 1.06 bits per heavy atom. The fraction of sp³-hybridized carbons (Fsp3) is 0.304. The molecule has 1 atom stereocenters. The van der Waals surface area contributed by atoms with Crippen LogP contribution in [-0.4, -0.2) is 53.2 Å². The van der Waals surface area contributed by atoms with Gasteiger partial charge >= 0.3 is 6.03 Å². The minimum absolute atomic E-state index is 0.0847. The number of nitrogens with one attached hydrogen (secondary N) is 2. The maximum Gasteiger partial charge on any atom is 0.325 e. The highest BCUT2D eigenvalue weighted by Crippen LogP contribution is 2.33. The van der Waals surface area contributed by atoms with E-state index in [1.165, 1.54) is 0 Å².